The van der Waals surface area contributed by atoms with Crippen LogP contribution in [0.3, 0.4) is 0 Å². The van der Waals surface area contributed by atoms with Crippen LogP contribution in [-0.4, -0.2) is 29.4 Å². The van der Waals surface area contributed by atoms with E-state index in [1.807, 2.05) is 42.2 Å². The molecular weight excluding hydrogens is 242 g/mol. The summed E-state index contributed by atoms with van der Waals surface area (Å²) in [5, 5.41) is 0. The Morgan fingerprint density at radius 1 is 1.37 bits per heavy atom. The predicted octanol–water partition coefficient (Wildman–Crippen LogP) is 1.99. The largest absolute Gasteiger partial charge is 0.468 e. The number of carbonyl (C=O) groups is 2. The summed E-state index contributed by atoms with van der Waals surface area (Å²) in [7, 11) is 0. The molecule has 0 aliphatic carbocycles. The molecule has 0 bridgehead atoms. The van der Waals surface area contributed by atoms with E-state index in [1.54, 1.807) is 0 Å². The minimum absolute atomic E-state index is 0.0218. The maximum absolute atomic E-state index is 12.0. The Kier molecular flexibility index (Phi) is 3.88. The van der Waals surface area contributed by atoms with Gasteiger partial charge in [0, 0.05) is 13.0 Å². The van der Waals surface area contributed by atoms with E-state index in [0.717, 1.165) is 5.56 Å². The first-order valence-corrected chi connectivity index (χ1v) is 6.50. The number of hydrogen-bond acceptors (Lipinski definition) is 3. The molecule has 2 rings (SSSR count). The van der Waals surface area contributed by atoms with Gasteiger partial charge in [0.05, 0.1) is 18.1 Å². The fourth-order valence-electron chi connectivity index (χ4n) is 2.61. The molecule has 1 aliphatic rings. The molecule has 0 radical (unpaired) electrons. The zero-order valence-corrected chi connectivity index (χ0v) is 11.3. The number of likely N-dealkylation sites (tertiary alicyclic amines) is 1. The standard InChI is InChI=1S/C15H19NO3/c1-12-14(18)16(10-13-6-4-3-5-7-13)15(12,2)8-9-19-11-17/h3-7,11-12H,8-10H2,1-2H3/t12-,15+/m0/s1. The van der Waals surface area contributed by atoms with Crippen molar-refractivity contribution in [3.05, 3.63) is 35.9 Å². The van der Waals surface area contributed by atoms with Gasteiger partial charge in [-0.15, -0.1) is 0 Å². The van der Waals surface area contributed by atoms with Crippen molar-refractivity contribution in [3.8, 4) is 0 Å². The molecule has 1 fully saturated rings. The van der Waals surface area contributed by atoms with Gasteiger partial charge >= 0.3 is 0 Å². The van der Waals surface area contributed by atoms with Crippen LogP contribution in [0.4, 0.5) is 0 Å². The monoisotopic (exact) mass is 261 g/mol. The highest BCUT2D eigenvalue weighted by Crippen LogP contribution is 2.41. The van der Waals surface area contributed by atoms with Gasteiger partial charge in [0.1, 0.15) is 0 Å². The second-order valence-corrected chi connectivity index (χ2v) is 5.21. The van der Waals surface area contributed by atoms with Crippen molar-refractivity contribution >= 4 is 12.4 Å². The SMILES string of the molecule is C[C@H]1C(=O)N(Cc2ccccc2)[C@]1(C)CCOC=O. The minimum Gasteiger partial charge on any atom is -0.468 e. The first-order valence-electron chi connectivity index (χ1n) is 6.50. The molecule has 0 unspecified atom stereocenters. The van der Waals surface area contributed by atoms with E-state index in [1.165, 1.54) is 0 Å². The summed E-state index contributed by atoms with van der Waals surface area (Å²) >= 11 is 0. The molecule has 4 heteroatoms. The zero-order valence-electron chi connectivity index (χ0n) is 11.3. The van der Waals surface area contributed by atoms with Crippen LogP contribution in [0.5, 0.6) is 0 Å². The van der Waals surface area contributed by atoms with Gasteiger partial charge in [0.15, 0.2) is 0 Å². The molecule has 1 saturated heterocycles. The third-order valence-electron chi connectivity index (χ3n) is 4.16. The number of hydrogen-bond donors (Lipinski definition) is 0. The first kappa shape index (κ1) is 13.6. The molecule has 102 valence electrons. The van der Waals surface area contributed by atoms with Crippen LogP contribution in [0, 0.1) is 5.92 Å². The van der Waals surface area contributed by atoms with E-state index >= 15 is 0 Å². The van der Waals surface area contributed by atoms with Crippen LogP contribution in [0.15, 0.2) is 30.3 Å². The Morgan fingerprint density at radius 2 is 2.05 bits per heavy atom. The van der Waals surface area contributed by atoms with Crippen molar-refractivity contribution < 1.29 is 14.3 Å². The van der Waals surface area contributed by atoms with Crippen LogP contribution in [-0.2, 0) is 20.9 Å². The lowest BCUT2D eigenvalue weighted by atomic mass is 9.73. The Balaban J connectivity index is 2.05. The number of β-lactam (4-membered cyclic amide) rings is 1. The number of carbonyl (C=O) groups excluding carboxylic acids is 2. The normalized spacial score (nSPS) is 25.9. The second-order valence-electron chi connectivity index (χ2n) is 5.21. The molecule has 1 aromatic rings. The molecule has 0 aromatic heterocycles. The number of benzene rings is 1. The lowest BCUT2D eigenvalue weighted by Gasteiger charge is -2.55. The fraction of sp³-hybridized carbons (Fsp3) is 0.467. The van der Waals surface area contributed by atoms with E-state index < -0.39 is 0 Å². The van der Waals surface area contributed by atoms with Crippen molar-refractivity contribution in [3.63, 3.8) is 0 Å². The summed E-state index contributed by atoms with van der Waals surface area (Å²) in [5.41, 5.74) is 0.890. The number of rotatable bonds is 6. The third kappa shape index (κ3) is 2.48. The van der Waals surface area contributed by atoms with Crippen molar-refractivity contribution in [2.24, 2.45) is 5.92 Å². The van der Waals surface area contributed by atoms with Crippen LogP contribution >= 0.6 is 0 Å². The fourth-order valence-corrected chi connectivity index (χ4v) is 2.61. The van der Waals surface area contributed by atoms with Crippen LogP contribution in [0.25, 0.3) is 0 Å². The zero-order chi connectivity index (χ0) is 13.9. The summed E-state index contributed by atoms with van der Waals surface area (Å²) in [6.45, 7) is 5.40. The van der Waals surface area contributed by atoms with Gasteiger partial charge in [-0.3, -0.25) is 9.59 Å². The Labute approximate surface area is 113 Å². The number of ether oxygens (including phenoxy) is 1. The molecule has 0 spiro atoms. The van der Waals surface area contributed by atoms with Crippen molar-refractivity contribution in [2.45, 2.75) is 32.4 Å². The highest BCUT2D eigenvalue weighted by atomic mass is 16.5. The van der Waals surface area contributed by atoms with Crippen LogP contribution in [0.2, 0.25) is 0 Å². The third-order valence-corrected chi connectivity index (χ3v) is 4.16. The van der Waals surface area contributed by atoms with Crippen LogP contribution < -0.4 is 0 Å². The van der Waals surface area contributed by atoms with Gasteiger partial charge in [-0.2, -0.15) is 0 Å². The molecule has 0 N–H and O–H groups in total. The highest BCUT2D eigenvalue weighted by molar-refractivity contribution is 5.87. The van der Waals surface area contributed by atoms with Gasteiger partial charge in [0.25, 0.3) is 6.47 Å². The molecule has 2 atom stereocenters. The van der Waals surface area contributed by atoms with E-state index in [9.17, 15) is 9.59 Å². The topological polar surface area (TPSA) is 46.6 Å². The molecule has 1 aromatic carbocycles. The second kappa shape index (κ2) is 5.43. The molecule has 1 aliphatic heterocycles. The Hall–Kier alpha value is -1.84. The van der Waals surface area contributed by atoms with Crippen LogP contribution in [0.1, 0.15) is 25.8 Å². The van der Waals surface area contributed by atoms with Crippen molar-refractivity contribution in [2.75, 3.05) is 6.61 Å². The highest BCUT2D eigenvalue weighted by Gasteiger charge is 2.53. The lowest BCUT2D eigenvalue weighted by Crippen LogP contribution is -2.68. The molecule has 4 nitrogen and oxygen atoms in total. The van der Waals surface area contributed by atoms with Crippen molar-refractivity contribution in [1.29, 1.82) is 0 Å². The lowest BCUT2D eigenvalue weighted by molar-refractivity contribution is -0.171. The smallest absolute Gasteiger partial charge is 0.293 e. The predicted molar refractivity (Wildman–Crippen MR) is 71.2 cm³/mol. The number of amides is 1. The van der Waals surface area contributed by atoms with Gasteiger partial charge < -0.3 is 9.64 Å². The Bertz CT molecular complexity index is 460. The van der Waals surface area contributed by atoms with E-state index in [4.69, 9.17) is 4.74 Å². The molecule has 19 heavy (non-hydrogen) atoms. The Morgan fingerprint density at radius 3 is 2.68 bits per heavy atom. The van der Waals surface area contributed by atoms with Crippen molar-refractivity contribution in [1.82, 2.24) is 4.90 Å². The summed E-state index contributed by atoms with van der Waals surface area (Å²) < 4.78 is 4.77. The first-order chi connectivity index (χ1) is 9.09. The molecule has 1 heterocycles. The molecule has 0 saturated carbocycles. The quantitative estimate of drug-likeness (QED) is 0.447. The maximum Gasteiger partial charge on any atom is 0.293 e. The average molecular weight is 261 g/mol. The minimum atomic E-state index is -0.226. The summed E-state index contributed by atoms with van der Waals surface area (Å²) in [4.78, 5) is 24.1. The van der Waals surface area contributed by atoms with E-state index in [-0.39, 0.29) is 17.4 Å². The summed E-state index contributed by atoms with van der Waals surface area (Å²) in [6, 6.07) is 9.92. The van der Waals surface area contributed by atoms with Gasteiger partial charge in [-0.25, -0.2) is 0 Å². The van der Waals surface area contributed by atoms with Gasteiger partial charge in [-0.05, 0) is 12.5 Å². The van der Waals surface area contributed by atoms with Gasteiger partial charge in [-0.1, -0.05) is 37.3 Å². The van der Waals surface area contributed by atoms with Gasteiger partial charge in [0.2, 0.25) is 5.91 Å². The summed E-state index contributed by atoms with van der Waals surface area (Å²) in [5.74, 6) is 0.143. The molecular formula is C15H19NO3. The maximum atomic E-state index is 12.0. The average Bonchev–Trinajstić information content (AvgIpc) is 2.45. The number of nitrogens with zero attached hydrogens (tertiary/aromatic N) is 1. The van der Waals surface area contributed by atoms with E-state index in [2.05, 4.69) is 6.92 Å². The molecule has 1 amide bonds. The van der Waals surface area contributed by atoms with E-state index in [0.29, 0.717) is 26.0 Å². The summed E-state index contributed by atoms with van der Waals surface area (Å²) in [6.07, 6.45) is 0.672.